The Morgan fingerprint density at radius 2 is 2.06 bits per heavy atom. The molecule has 0 saturated heterocycles. The first kappa shape index (κ1) is 10.2. The molecule has 1 heterocycles. The molecule has 5 nitrogen and oxygen atoms in total. The maximum Gasteiger partial charge on any atom is 0.417 e. The fraction of sp³-hybridized carbons (Fsp3) is 0.0909. The average Bonchev–Trinajstić information content (AvgIpc) is 2.78. The summed E-state index contributed by atoms with van der Waals surface area (Å²) in [5, 5.41) is 8.91. The summed E-state index contributed by atoms with van der Waals surface area (Å²) in [6.07, 6.45) is 1.80. The van der Waals surface area contributed by atoms with Gasteiger partial charge in [-0.25, -0.2) is 14.3 Å². The third-order valence-corrected chi connectivity index (χ3v) is 2.20. The van der Waals surface area contributed by atoms with E-state index in [9.17, 15) is 4.79 Å². The van der Waals surface area contributed by atoms with E-state index in [2.05, 4.69) is 4.98 Å². The van der Waals surface area contributed by atoms with Gasteiger partial charge < -0.3 is 9.84 Å². The second kappa shape index (κ2) is 4.06. The van der Waals surface area contributed by atoms with Crippen molar-refractivity contribution in [2.75, 3.05) is 7.11 Å². The SMILES string of the molecule is COc1ccc(-c2nccn2C(=O)O)cc1. The zero-order chi connectivity index (χ0) is 11.5. The van der Waals surface area contributed by atoms with Crippen molar-refractivity contribution in [1.82, 2.24) is 9.55 Å². The van der Waals surface area contributed by atoms with Crippen LogP contribution >= 0.6 is 0 Å². The average molecular weight is 218 g/mol. The van der Waals surface area contributed by atoms with Crippen LogP contribution in [0.5, 0.6) is 5.75 Å². The number of methoxy groups -OCH3 is 1. The van der Waals surface area contributed by atoms with E-state index in [1.807, 2.05) is 0 Å². The maximum absolute atomic E-state index is 10.9. The quantitative estimate of drug-likeness (QED) is 0.838. The summed E-state index contributed by atoms with van der Waals surface area (Å²) < 4.78 is 6.09. The predicted octanol–water partition coefficient (Wildman–Crippen LogP) is 2.08. The van der Waals surface area contributed by atoms with Crippen LogP contribution in [0, 0.1) is 0 Å². The topological polar surface area (TPSA) is 64.4 Å². The number of carboxylic acid groups (broad SMARTS) is 1. The van der Waals surface area contributed by atoms with Gasteiger partial charge in [0.2, 0.25) is 0 Å². The van der Waals surface area contributed by atoms with E-state index in [4.69, 9.17) is 9.84 Å². The Kier molecular flexibility index (Phi) is 2.59. The molecular formula is C11H10N2O3. The van der Waals surface area contributed by atoms with Gasteiger partial charge in [0, 0.05) is 18.0 Å². The second-order valence-electron chi connectivity index (χ2n) is 3.13. The van der Waals surface area contributed by atoms with Gasteiger partial charge in [0.05, 0.1) is 7.11 Å². The van der Waals surface area contributed by atoms with E-state index >= 15 is 0 Å². The zero-order valence-corrected chi connectivity index (χ0v) is 8.62. The third-order valence-electron chi connectivity index (χ3n) is 2.20. The summed E-state index contributed by atoms with van der Waals surface area (Å²) in [6, 6.07) is 7.05. The minimum absolute atomic E-state index is 0.398. The molecule has 0 spiro atoms. The van der Waals surface area contributed by atoms with Crippen LogP contribution in [0.4, 0.5) is 4.79 Å². The summed E-state index contributed by atoms with van der Waals surface area (Å²) in [4.78, 5) is 14.9. The van der Waals surface area contributed by atoms with Gasteiger partial charge in [-0.3, -0.25) is 0 Å². The van der Waals surface area contributed by atoms with E-state index in [1.54, 1.807) is 31.4 Å². The lowest BCUT2D eigenvalue weighted by Crippen LogP contribution is -2.08. The van der Waals surface area contributed by atoms with E-state index in [0.717, 1.165) is 15.9 Å². The molecule has 82 valence electrons. The number of carbonyl (C=O) groups is 1. The monoisotopic (exact) mass is 218 g/mol. The smallest absolute Gasteiger partial charge is 0.417 e. The van der Waals surface area contributed by atoms with Crippen LogP contribution in [0.25, 0.3) is 11.4 Å². The highest BCUT2D eigenvalue weighted by Gasteiger charge is 2.10. The molecule has 1 aromatic carbocycles. The number of rotatable bonds is 2. The lowest BCUT2D eigenvalue weighted by atomic mass is 10.2. The minimum atomic E-state index is -1.05. The van der Waals surface area contributed by atoms with Gasteiger partial charge in [-0.05, 0) is 24.3 Å². The van der Waals surface area contributed by atoms with Crippen LogP contribution in [0.1, 0.15) is 0 Å². The van der Waals surface area contributed by atoms with Crippen molar-refractivity contribution in [2.45, 2.75) is 0 Å². The first-order valence-electron chi connectivity index (χ1n) is 4.63. The Hall–Kier alpha value is -2.30. The highest BCUT2D eigenvalue weighted by Crippen LogP contribution is 2.20. The molecule has 0 amide bonds. The molecule has 0 unspecified atom stereocenters. The lowest BCUT2D eigenvalue weighted by Gasteiger charge is -2.03. The number of aromatic nitrogens is 2. The van der Waals surface area contributed by atoms with Crippen LogP contribution in [0.2, 0.25) is 0 Å². The molecule has 0 bridgehead atoms. The molecule has 2 aromatic rings. The van der Waals surface area contributed by atoms with E-state index < -0.39 is 6.09 Å². The van der Waals surface area contributed by atoms with Crippen molar-refractivity contribution in [3.8, 4) is 17.1 Å². The lowest BCUT2D eigenvalue weighted by molar-refractivity contribution is 0.196. The Labute approximate surface area is 91.9 Å². The molecule has 0 aliphatic heterocycles. The summed E-state index contributed by atoms with van der Waals surface area (Å²) in [5.74, 6) is 1.12. The number of hydrogen-bond acceptors (Lipinski definition) is 3. The zero-order valence-electron chi connectivity index (χ0n) is 8.62. The van der Waals surface area contributed by atoms with Gasteiger partial charge in [-0.1, -0.05) is 0 Å². The summed E-state index contributed by atoms with van der Waals surface area (Å²) in [6.45, 7) is 0. The van der Waals surface area contributed by atoms with Crippen molar-refractivity contribution in [3.05, 3.63) is 36.7 Å². The van der Waals surface area contributed by atoms with Crippen LogP contribution in [-0.2, 0) is 0 Å². The molecule has 0 radical (unpaired) electrons. The van der Waals surface area contributed by atoms with Gasteiger partial charge in [-0.2, -0.15) is 0 Å². The van der Waals surface area contributed by atoms with Crippen LogP contribution < -0.4 is 4.74 Å². The molecule has 0 atom stereocenters. The van der Waals surface area contributed by atoms with Crippen LogP contribution in [0.3, 0.4) is 0 Å². The number of ether oxygens (including phenoxy) is 1. The normalized spacial score (nSPS) is 10.1. The van der Waals surface area contributed by atoms with Crippen molar-refractivity contribution in [2.24, 2.45) is 0 Å². The molecular weight excluding hydrogens is 208 g/mol. The van der Waals surface area contributed by atoms with Crippen molar-refractivity contribution >= 4 is 6.09 Å². The molecule has 16 heavy (non-hydrogen) atoms. The number of benzene rings is 1. The first-order chi connectivity index (χ1) is 7.72. The van der Waals surface area contributed by atoms with Gasteiger partial charge >= 0.3 is 6.09 Å². The first-order valence-corrected chi connectivity index (χ1v) is 4.63. The summed E-state index contributed by atoms with van der Waals surface area (Å²) in [5.41, 5.74) is 0.730. The Bertz CT molecular complexity index is 502. The fourth-order valence-electron chi connectivity index (χ4n) is 1.41. The fourth-order valence-corrected chi connectivity index (χ4v) is 1.41. The van der Waals surface area contributed by atoms with Gasteiger partial charge in [0.25, 0.3) is 0 Å². The molecule has 0 fully saturated rings. The van der Waals surface area contributed by atoms with Gasteiger partial charge in [0.1, 0.15) is 11.6 Å². The summed E-state index contributed by atoms with van der Waals surface area (Å²) >= 11 is 0. The van der Waals surface area contributed by atoms with Crippen LogP contribution in [0.15, 0.2) is 36.7 Å². The molecule has 2 rings (SSSR count). The van der Waals surface area contributed by atoms with Gasteiger partial charge in [-0.15, -0.1) is 0 Å². The van der Waals surface area contributed by atoms with E-state index in [-0.39, 0.29) is 0 Å². The molecule has 0 aliphatic carbocycles. The molecule has 0 aliphatic rings. The second-order valence-corrected chi connectivity index (χ2v) is 3.13. The Balaban J connectivity index is 2.42. The Morgan fingerprint density at radius 3 is 2.62 bits per heavy atom. The van der Waals surface area contributed by atoms with E-state index in [0.29, 0.717) is 5.82 Å². The maximum atomic E-state index is 10.9. The number of nitrogens with zero attached hydrogens (tertiary/aromatic N) is 2. The van der Waals surface area contributed by atoms with Crippen molar-refractivity contribution < 1.29 is 14.6 Å². The summed E-state index contributed by atoms with van der Waals surface area (Å²) in [7, 11) is 1.58. The predicted molar refractivity (Wildman–Crippen MR) is 57.6 cm³/mol. The largest absolute Gasteiger partial charge is 0.497 e. The van der Waals surface area contributed by atoms with Crippen LogP contribution in [-0.4, -0.2) is 27.9 Å². The van der Waals surface area contributed by atoms with E-state index in [1.165, 1.54) is 12.4 Å². The van der Waals surface area contributed by atoms with Crippen molar-refractivity contribution in [1.29, 1.82) is 0 Å². The third kappa shape index (κ3) is 1.75. The highest BCUT2D eigenvalue weighted by atomic mass is 16.5. The molecule has 0 saturated carbocycles. The van der Waals surface area contributed by atoms with Gasteiger partial charge in [0.15, 0.2) is 0 Å². The number of imidazole rings is 1. The highest BCUT2D eigenvalue weighted by molar-refractivity contribution is 5.75. The van der Waals surface area contributed by atoms with Crippen molar-refractivity contribution in [3.63, 3.8) is 0 Å². The standard InChI is InChI=1S/C11H10N2O3/c1-16-9-4-2-8(3-5-9)10-12-6-7-13(10)11(14)15/h2-7H,1H3,(H,14,15). The molecule has 5 heteroatoms. The Morgan fingerprint density at radius 1 is 1.38 bits per heavy atom. The molecule has 1 aromatic heterocycles. The molecule has 1 N–H and O–H groups in total. The minimum Gasteiger partial charge on any atom is -0.497 e. The number of hydrogen-bond donors (Lipinski definition) is 1.